The van der Waals surface area contributed by atoms with Crippen molar-refractivity contribution in [3.05, 3.63) is 53.7 Å². The molecule has 228 valence electrons. The highest BCUT2D eigenvalue weighted by atomic mass is 35.5. The Morgan fingerprint density at radius 3 is 2.16 bits per heavy atom. The van der Waals surface area contributed by atoms with Gasteiger partial charge in [0.2, 0.25) is 5.43 Å². The van der Waals surface area contributed by atoms with Crippen LogP contribution in [-0.4, -0.2) is 50.4 Å². The first-order chi connectivity index (χ1) is 20.5. The normalized spacial score (nSPS) is 19.3. The summed E-state index contributed by atoms with van der Waals surface area (Å²) in [5, 5.41) is 55.1. The smallest absolute Gasteiger partial charge is 0.262 e. The highest BCUT2D eigenvalue weighted by molar-refractivity contribution is 6.37. The Morgan fingerprint density at radius 2 is 1.56 bits per heavy atom. The van der Waals surface area contributed by atoms with Crippen molar-refractivity contribution >= 4 is 33.3 Å². The van der Waals surface area contributed by atoms with Crippen LogP contribution in [0, 0.1) is 0 Å². The van der Waals surface area contributed by atoms with Gasteiger partial charge in [-0.25, -0.2) is 0 Å². The lowest BCUT2D eigenvalue weighted by Gasteiger charge is -2.30. The molecule has 0 unspecified atom stereocenters. The fraction of sp³-hybridized carbons (Fsp3) is 0.419. The van der Waals surface area contributed by atoms with Crippen LogP contribution in [0.25, 0.3) is 32.9 Å². The average molecular weight is 614 g/mol. The Labute approximate surface area is 250 Å². The Bertz CT molecular complexity index is 1960. The number of aromatic nitrogens is 1. The quantitative estimate of drug-likeness (QED) is 0.224. The molecule has 0 fully saturated rings. The Balaban J connectivity index is 1.78. The van der Waals surface area contributed by atoms with E-state index >= 15 is 0 Å². The summed E-state index contributed by atoms with van der Waals surface area (Å²) in [6, 6.07) is 0. The molecule has 6 rings (SSSR count). The standard InChI is InChI=1S/C31H32ClNO10/c1-5-6-7-13-22(32)18-19(31(40)33(13)2)24(37)16-11(27(18)41-3)8-9-12-17(16)25(38)21-26(39)20-23(36)14(34)10-15(35)29(20)43-30(21)28(12)42-4/h14-15,23,34-38H,5-10H2,1-4H3/t14-,15-,23-/m0/s1. The van der Waals surface area contributed by atoms with E-state index in [0.717, 1.165) is 12.8 Å². The highest BCUT2D eigenvalue weighted by Crippen LogP contribution is 2.56. The number of aliphatic hydroxyl groups excluding tert-OH is 3. The number of rotatable bonds is 5. The largest absolute Gasteiger partial charge is 0.506 e. The zero-order valence-electron chi connectivity index (χ0n) is 24.1. The molecule has 0 bridgehead atoms. The van der Waals surface area contributed by atoms with Gasteiger partial charge in [-0.1, -0.05) is 24.9 Å². The van der Waals surface area contributed by atoms with E-state index < -0.39 is 40.8 Å². The molecule has 3 atom stereocenters. The van der Waals surface area contributed by atoms with Crippen molar-refractivity contribution in [1.82, 2.24) is 4.57 Å². The van der Waals surface area contributed by atoms with E-state index in [1.165, 1.54) is 18.8 Å². The first kappa shape index (κ1) is 29.3. The zero-order valence-corrected chi connectivity index (χ0v) is 24.8. The number of phenolic OH excluding ortho intramolecular Hbond substituents is 2. The topological polar surface area (TPSA) is 172 Å². The summed E-state index contributed by atoms with van der Waals surface area (Å²) in [6.07, 6.45) is -1.98. The number of halogens is 1. The van der Waals surface area contributed by atoms with Crippen molar-refractivity contribution in [2.45, 2.75) is 63.8 Å². The van der Waals surface area contributed by atoms with Gasteiger partial charge in [0.25, 0.3) is 5.56 Å². The predicted octanol–water partition coefficient (Wildman–Crippen LogP) is 3.67. The average Bonchev–Trinajstić information content (AvgIpc) is 2.98. The molecular formula is C31H32ClNO10. The molecule has 0 amide bonds. The second kappa shape index (κ2) is 10.4. The molecule has 43 heavy (non-hydrogen) atoms. The van der Waals surface area contributed by atoms with Crippen LogP contribution < -0.4 is 20.5 Å². The monoisotopic (exact) mass is 613 g/mol. The van der Waals surface area contributed by atoms with Gasteiger partial charge in [0.15, 0.2) is 11.3 Å². The number of aromatic hydroxyl groups is 2. The number of unbranched alkanes of at least 4 members (excludes halogenated alkanes) is 1. The van der Waals surface area contributed by atoms with E-state index in [9.17, 15) is 35.1 Å². The van der Waals surface area contributed by atoms with E-state index in [2.05, 4.69) is 0 Å². The van der Waals surface area contributed by atoms with E-state index in [1.54, 1.807) is 7.05 Å². The maximum absolute atomic E-state index is 13.8. The predicted molar refractivity (Wildman–Crippen MR) is 159 cm³/mol. The minimum Gasteiger partial charge on any atom is -0.506 e. The molecule has 2 aliphatic rings. The minimum atomic E-state index is -1.67. The Hall–Kier alpha value is -3.77. The number of phenols is 2. The summed E-state index contributed by atoms with van der Waals surface area (Å²) in [5.41, 5.74) is -0.327. The summed E-state index contributed by atoms with van der Waals surface area (Å²) in [7, 11) is 4.36. The molecule has 4 aromatic rings. The number of benzene rings is 2. The summed E-state index contributed by atoms with van der Waals surface area (Å²) >= 11 is 6.90. The molecule has 2 aromatic heterocycles. The van der Waals surface area contributed by atoms with Crippen molar-refractivity contribution in [2.24, 2.45) is 7.05 Å². The molecule has 2 aliphatic carbocycles. The van der Waals surface area contributed by atoms with Crippen LogP contribution in [-0.2, 0) is 26.3 Å². The van der Waals surface area contributed by atoms with E-state index in [-0.39, 0.29) is 80.0 Å². The number of fused-ring (bicyclic) bond motifs is 6. The van der Waals surface area contributed by atoms with Gasteiger partial charge < -0.3 is 44.0 Å². The molecule has 0 radical (unpaired) electrons. The number of ether oxygens (including phenoxy) is 2. The van der Waals surface area contributed by atoms with Gasteiger partial charge in [-0.3, -0.25) is 9.59 Å². The lowest BCUT2D eigenvalue weighted by Crippen LogP contribution is -2.33. The fourth-order valence-corrected chi connectivity index (χ4v) is 7.14. The molecule has 5 N–H and O–H groups in total. The first-order valence-electron chi connectivity index (χ1n) is 14.1. The third-order valence-corrected chi connectivity index (χ3v) is 9.24. The van der Waals surface area contributed by atoms with Gasteiger partial charge >= 0.3 is 0 Å². The third kappa shape index (κ3) is 3.91. The fourth-order valence-electron chi connectivity index (χ4n) is 6.74. The van der Waals surface area contributed by atoms with Crippen LogP contribution in [0.1, 0.15) is 66.5 Å². The lowest BCUT2D eigenvalue weighted by atomic mass is 9.80. The third-order valence-electron chi connectivity index (χ3n) is 8.83. The van der Waals surface area contributed by atoms with Gasteiger partial charge in [0.1, 0.15) is 40.6 Å². The molecule has 0 saturated carbocycles. The lowest BCUT2D eigenvalue weighted by molar-refractivity contribution is -0.0373. The van der Waals surface area contributed by atoms with Crippen molar-refractivity contribution < 1.29 is 39.4 Å². The zero-order chi connectivity index (χ0) is 31.1. The van der Waals surface area contributed by atoms with Gasteiger partial charge in [-0.15, -0.1) is 0 Å². The summed E-state index contributed by atoms with van der Waals surface area (Å²) in [6.45, 7) is 2.03. The Morgan fingerprint density at radius 1 is 0.953 bits per heavy atom. The number of pyridine rings is 1. The van der Waals surface area contributed by atoms with Crippen molar-refractivity contribution in [3.63, 3.8) is 0 Å². The molecule has 11 nitrogen and oxygen atoms in total. The number of hydrogen-bond acceptors (Lipinski definition) is 10. The van der Waals surface area contributed by atoms with Crippen LogP contribution in [0.15, 0.2) is 14.0 Å². The van der Waals surface area contributed by atoms with Crippen LogP contribution in [0.2, 0.25) is 5.02 Å². The first-order valence-corrected chi connectivity index (χ1v) is 14.5. The van der Waals surface area contributed by atoms with Crippen LogP contribution in [0.4, 0.5) is 0 Å². The molecule has 0 saturated heterocycles. The number of hydrogen-bond donors (Lipinski definition) is 5. The highest BCUT2D eigenvalue weighted by Gasteiger charge is 2.40. The molecular weight excluding hydrogens is 582 g/mol. The van der Waals surface area contributed by atoms with Crippen LogP contribution in [0.5, 0.6) is 23.0 Å². The van der Waals surface area contributed by atoms with Crippen molar-refractivity contribution in [2.75, 3.05) is 14.2 Å². The molecule has 2 aromatic carbocycles. The SMILES string of the molecule is CCCCc1c(Cl)c2c(OC)c3c(c(O)c2c(=O)n1C)-c1c(c(OC)c2oc4c(c(=O)c2c1O)[C@@H](O)[C@@H](O)C[C@@H]4O)CC3. The molecule has 0 spiro atoms. The number of nitrogens with zero attached hydrogens (tertiary/aromatic N) is 1. The second-order valence-electron chi connectivity index (χ2n) is 11.1. The number of aliphatic hydroxyl groups is 3. The van der Waals surface area contributed by atoms with Gasteiger partial charge in [-0.05, 0) is 25.7 Å². The molecule has 0 aliphatic heterocycles. The molecule has 2 heterocycles. The maximum Gasteiger partial charge on any atom is 0.262 e. The van der Waals surface area contributed by atoms with Crippen molar-refractivity contribution in [3.8, 4) is 34.1 Å². The van der Waals surface area contributed by atoms with Gasteiger partial charge in [0, 0.05) is 41.4 Å². The van der Waals surface area contributed by atoms with Gasteiger partial charge in [-0.2, -0.15) is 0 Å². The van der Waals surface area contributed by atoms with E-state index in [1.807, 2.05) is 6.92 Å². The van der Waals surface area contributed by atoms with E-state index in [0.29, 0.717) is 23.2 Å². The Kier molecular flexibility index (Phi) is 7.12. The minimum absolute atomic E-state index is 0.0372. The summed E-state index contributed by atoms with van der Waals surface area (Å²) in [4.78, 5) is 27.6. The maximum atomic E-state index is 13.8. The number of methoxy groups -OCH3 is 2. The molecule has 12 heteroatoms. The van der Waals surface area contributed by atoms with Crippen LogP contribution >= 0.6 is 11.6 Å². The second-order valence-corrected chi connectivity index (χ2v) is 11.5. The van der Waals surface area contributed by atoms with Crippen molar-refractivity contribution in [1.29, 1.82) is 0 Å². The van der Waals surface area contributed by atoms with Gasteiger partial charge in [0.05, 0.1) is 41.7 Å². The van der Waals surface area contributed by atoms with E-state index in [4.69, 9.17) is 25.5 Å². The van der Waals surface area contributed by atoms with Crippen LogP contribution in [0.3, 0.4) is 0 Å². The summed E-state index contributed by atoms with van der Waals surface area (Å²) in [5.74, 6) is -0.894. The summed E-state index contributed by atoms with van der Waals surface area (Å²) < 4.78 is 18.8.